The Hall–Kier alpha value is -2.99. The molecule has 0 unspecified atom stereocenters. The second kappa shape index (κ2) is 9.01. The first-order chi connectivity index (χ1) is 14.2. The van der Waals surface area contributed by atoms with E-state index in [4.69, 9.17) is 0 Å². The molecular formula is C23H26N4O2. The van der Waals surface area contributed by atoms with E-state index in [0.29, 0.717) is 29.7 Å². The predicted octanol–water partition coefficient (Wildman–Crippen LogP) is 2.77. The summed E-state index contributed by atoms with van der Waals surface area (Å²) in [5.74, 6) is 0.483. The number of para-hydroxylation sites is 1. The lowest BCUT2D eigenvalue weighted by atomic mass is 10.1. The number of hydrogen-bond acceptors (Lipinski definition) is 4. The van der Waals surface area contributed by atoms with Crippen LogP contribution in [0.4, 0.5) is 0 Å². The molecule has 4 rings (SSSR count). The number of hydrogen-bond donors (Lipinski definition) is 2. The van der Waals surface area contributed by atoms with Gasteiger partial charge in [-0.15, -0.1) is 0 Å². The third kappa shape index (κ3) is 5.09. The molecule has 3 aromatic rings. The molecule has 0 saturated carbocycles. The Kier molecular flexibility index (Phi) is 6.00. The van der Waals surface area contributed by atoms with Crippen molar-refractivity contribution >= 4 is 16.8 Å². The van der Waals surface area contributed by atoms with Crippen LogP contribution < -0.4 is 10.9 Å². The summed E-state index contributed by atoms with van der Waals surface area (Å²) in [7, 11) is 0. The highest BCUT2D eigenvalue weighted by molar-refractivity contribution is 5.78. The van der Waals surface area contributed by atoms with E-state index >= 15 is 0 Å². The van der Waals surface area contributed by atoms with E-state index in [1.807, 2.05) is 18.2 Å². The molecule has 0 spiro atoms. The summed E-state index contributed by atoms with van der Waals surface area (Å²) in [4.78, 5) is 34.0. The fraction of sp³-hybridized carbons (Fsp3) is 0.348. The quantitative estimate of drug-likeness (QED) is 0.650. The van der Waals surface area contributed by atoms with Gasteiger partial charge in [0.1, 0.15) is 5.82 Å². The molecule has 0 radical (unpaired) electrons. The number of carbonyl (C=O) groups excluding carboxylic acids is 1. The smallest absolute Gasteiger partial charge is 0.258 e. The molecule has 0 bridgehead atoms. The Morgan fingerprint density at radius 3 is 2.55 bits per heavy atom. The highest BCUT2D eigenvalue weighted by Crippen LogP contribution is 2.13. The van der Waals surface area contributed by atoms with Crippen molar-refractivity contribution in [1.82, 2.24) is 20.2 Å². The Morgan fingerprint density at radius 2 is 1.76 bits per heavy atom. The van der Waals surface area contributed by atoms with Gasteiger partial charge in [0, 0.05) is 25.9 Å². The average molecular weight is 390 g/mol. The Morgan fingerprint density at radius 1 is 1.03 bits per heavy atom. The standard InChI is InChI=1S/C23H26N4O2/c28-22(12-11-21-25-20-6-2-1-5-19(20)23(29)26-21)24-15-17-7-9-18(10-8-17)16-27-13-3-4-14-27/h1-2,5-10H,3-4,11-16H2,(H,24,28)(H,25,26,29). The van der Waals surface area contributed by atoms with Crippen molar-refractivity contribution in [3.63, 3.8) is 0 Å². The Bertz CT molecular complexity index is 1040. The number of rotatable bonds is 7. The van der Waals surface area contributed by atoms with Crippen LogP contribution in [0.5, 0.6) is 0 Å². The molecule has 2 heterocycles. The van der Waals surface area contributed by atoms with Crippen LogP contribution in [-0.4, -0.2) is 33.9 Å². The molecule has 1 amide bonds. The van der Waals surface area contributed by atoms with Crippen molar-refractivity contribution in [1.29, 1.82) is 0 Å². The summed E-state index contributed by atoms with van der Waals surface area (Å²) < 4.78 is 0. The minimum atomic E-state index is -0.167. The van der Waals surface area contributed by atoms with Crippen molar-refractivity contribution in [2.75, 3.05) is 13.1 Å². The van der Waals surface area contributed by atoms with Crippen LogP contribution in [0.1, 0.15) is 36.2 Å². The molecule has 150 valence electrons. The number of fused-ring (bicyclic) bond motifs is 1. The maximum absolute atomic E-state index is 12.2. The summed E-state index contributed by atoms with van der Waals surface area (Å²) in [6.45, 7) is 3.89. The number of H-pyrrole nitrogens is 1. The maximum Gasteiger partial charge on any atom is 0.258 e. The summed E-state index contributed by atoms with van der Waals surface area (Å²) >= 11 is 0. The normalized spacial score (nSPS) is 14.3. The van der Waals surface area contributed by atoms with Crippen LogP contribution in [-0.2, 0) is 24.3 Å². The molecule has 6 heteroatoms. The largest absolute Gasteiger partial charge is 0.352 e. The molecule has 6 nitrogen and oxygen atoms in total. The number of aryl methyl sites for hydroxylation is 1. The van der Waals surface area contributed by atoms with Crippen LogP contribution >= 0.6 is 0 Å². The minimum absolute atomic E-state index is 0.0537. The van der Waals surface area contributed by atoms with Crippen molar-refractivity contribution in [2.24, 2.45) is 0 Å². The van der Waals surface area contributed by atoms with Gasteiger partial charge in [0.2, 0.25) is 5.91 Å². The van der Waals surface area contributed by atoms with E-state index < -0.39 is 0 Å². The summed E-state index contributed by atoms with van der Waals surface area (Å²) in [5, 5.41) is 3.51. The summed E-state index contributed by atoms with van der Waals surface area (Å²) in [5.41, 5.74) is 2.88. The molecular weight excluding hydrogens is 364 g/mol. The van der Waals surface area contributed by atoms with Gasteiger partial charge in [-0.2, -0.15) is 0 Å². The predicted molar refractivity (Wildman–Crippen MR) is 113 cm³/mol. The first kappa shape index (κ1) is 19.3. The molecule has 1 aliphatic rings. The van der Waals surface area contributed by atoms with Gasteiger partial charge in [0.25, 0.3) is 5.56 Å². The number of nitrogens with one attached hydrogen (secondary N) is 2. The number of likely N-dealkylation sites (tertiary alicyclic amines) is 1. The SMILES string of the molecule is O=C(CCc1nc2ccccc2c(=O)[nH]1)NCc1ccc(CN2CCCC2)cc1. The Labute approximate surface area is 170 Å². The molecule has 0 aliphatic carbocycles. The van der Waals surface area contributed by atoms with Crippen LogP contribution in [0.3, 0.4) is 0 Å². The lowest BCUT2D eigenvalue weighted by Gasteiger charge is -2.14. The molecule has 2 N–H and O–H groups in total. The van der Waals surface area contributed by atoms with Crippen LogP contribution in [0, 0.1) is 0 Å². The lowest BCUT2D eigenvalue weighted by Crippen LogP contribution is -2.24. The van der Waals surface area contributed by atoms with E-state index in [2.05, 4.69) is 44.5 Å². The van der Waals surface area contributed by atoms with E-state index in [-0.39, 0.29) is 17.9 Å². The monoisotopic (exact) mass is 390 g/mol. The topological polar surface area (TPSA) is 78.1 Å². The zero-order valence-corrected chi connectivity index (χ0v) is 16.5. The number of benzene rings is 2. The molecule has 1 fully saturated rings. The van der Waals surface area contributed by atoms with Gasteiger partial charge in [-0.25, -0.2) is 4.98 Å². The first-order valence-electron chi connectivity index (χ1n) is 10.2. The van der Waals surface area contributed by atoms with Gasteiger partial charge < -0.3 is 10.3 Å². The van der Waals surface area contributed by atoms with Crippen molar-refractivity contribution in [3.8, 4) is 0 Å². The minimum Gasteiger partial charge on any atom is -0.352 e. The number of carbonyl (C=O) groups is 1. The number of nitrogens with zero attached hydrogens (tertiary/aromatic N) is 2. The average Bonchev–Trinajstić information content (AvgIpc) is 3.25. The molecule has 1 aliphatic heterocycles. The van der Waals surface area contributed by atoms with Crippen molar-refractivity contribution in [3.05, 3.63) is 75.8 Å². The first-order valence-corrected chi connectivity index (χ1v) is 10.2. The van der Waals surface area contributed by atoms with E-state index in [1.54, 1.807) is 6.07 Å². The van der Waals surface area contributed by atoms with Crippen molar-refractivity contribution < 1.29 is 4.79 Å². The second-order valence-corrected chi connectivity index (χ2v) is 7.61. The molecule has 1 saturated heterocycles. The molecule has 1 aromatic heterocycles. The van der Waals surface area contributed by atoms with Crippen molar-refractivity contribution in [2.45, 2.75) is 38.8 Å². The van der Waals surface area contributed by atoms with Crippen LogP contribution in [0.25, 0.3) is 10.9 Å². The molecule has 0 atom stereocenters. The van der Waals surface area contributed by atoms with E-state index in [9.17, 15) is 9.59 Å². The zero-order valence-electron chi connectivity index (χ0n) is 16.5. The van der Waals surface area contributed by atoms with E-state index in [1.165, 1.54) is 31.5 Å². The number of amides is 1. The van der Waals surface area contributed by atoms with Gasteiger partial charge >= 0.3 is 0 Å². The lowest BCUT2D eigenvalue weighted by molar-refractivity contribution is -0.121. The van der Waals surface area contributed by atoms with Gasteiger partial charge in [-0.05, 0) is 49.2 Å². The van der Waals surface area contributed by atoms with Gasteiger partial charge in [0.15, 0.2) is 0 Å². The summed E-state index contributed by atoms with van der Waals surface area (Å²) in [6, 6.07) is 15.7. The summed E-state index contributed by atoms with van der Waals surface area (Å²) in [6.07, 6.45) is 3.29. The molecule has 2 aromatic carbocycles. The third-order valence-corrected chi connectivity index (χ3v) is 5.37. The van der Waals surface area contributed by atoms with Gasteiger partial charge in [0.05, 0.1) is 10.9 Å². The van der Waals surface area contributed by atoms with Crippen LogP contribution in [0.15, 0.2) is 53.3 Å². The van der Waals surface area contributed by atoms with Crippen LogP contribution in [0.2, 0.25) is 0 Å². The maximum atomic E-state index is 12.2. The highest BCUT2D eigenvalue weighted by atomic mass is 16.1. The highest BCUT2D eigenvalue weighted by Gasteiger charge is 2.11. The fourth-order valence-electron chi connectivity index (χ4n) is 3.74. The second-order valence-electron chi connectivity index (χ2n) is 7.61. The molecule has 29 heavy (non-hydrogen) atoms. The van der Waals surface area contributed by atoms with Gasteiger partial charge in [-0.1, -0.05) is 36.4 Å². The zero-order chi connectivity index (χ0) is 20.1. The fourth-order valence-corrected chi connectivity index (χ4v) is 3.74. The third-order valence-electron chi connectivity index (χ3n) is 5.37. The van der Waals surface area contributed by atoms with E-state index in [0.717, 1.165) is 12.1 Å². The Balaban J connectivity index is 1.26. The number of aromatic amines is 1. The van der Waals surface area contributed by atoms with Gasteiger partial charge in [-0.3, -0.25) is 14.5 Å². The number of aromatic nitrogens is 2.